The number of carbonyl (C=O) groups excluding carboxylic acids is 1. The lowest BCUT2D eigenvalue weighted by Crippen LogP contribution is -2.42. The van der Waals surface area contributed by atoms with E-state index < -0.39 is 0 Å². The van der Waals surface area contributed by atoms with Crippen LogP contribution in [0.3, 0.4) is 0 Å². The first-order valence-electron chi connectivity index (χ1n) is 8.19. The quantitative estimate of drug-likeness (QED) is 0.745. The first kappa shape index (κ1) is 14.9. The lowest BCUT2D eigenvalue weighted by Gasteiger charge is -2.27. The van der Waals surface area contributed by atoms with Crippen molar-refractivity contribution in [3.63, 3.8) is 0 Å². The van der Waals surface area contributed by atoms with Crippen LogP contribution in [0.15, 0.2) is 54.6 Å². The van der Waals surface area contributed by atoms with Crippen molar-refractivity contribution in [3.8, 4) is 11.4 Å². The highest BCUT2D eigenvalue weighted by molar-refractivity contribution is 5.84. The van der Waals surface area contributed by atoms with Crippen LogP contribution in [0.4, 0.5) is 0 Å². The number of hydrogen-bond donors (Lipinski definition) is 0. The zero-order valence-corrected chi connectivity index (χ0v) is 13.4. The summed E-state index contributed by atoms with van der Waals surface area (Å²) in [4.78, 5) is 19.3. The minimum atomic E-state index is 0.110. The monoisotopic (exact) mass is 321 g/mol. The SMILES string of the molecule is O=C(Cn1c(-c2ccccc2)nc2ccccc21)N1CCOCC1. The van der Waals surface area contributed by atoms with Gasteiger partial charge in [-0.25, -0.2) is 4.98 Å². The van der Waals surface area contributed by atoms with E-state index in [0.29, 0.717) is 32.8 Å². The zero-order valence-electron chi connectivity index (χ0n) is 13.4. The van der Waals surface area contributed by atoms with Crippen LogP contribution >= 0.6 is 0 Å². The molecule has 4 rings (SSSR count). The molecule has 122 valence electrons. The van der Waals surface area contributed by atoms with E-state index in [1.165, 1.54) is 0 Å². The molecule has 2 aromatic carbocycles. The van der Waals surface area contributed by atoms with Gasteiger partial charge in [-0.05, 0) is 12.1 Å². The van der Waals surface area contributed by atoms with Crippen LogP contribution in [-0.4, -0.2) is 46.7 Å². The van der Waals surface area contributed by atoms with Gasteiger partial charge in [0.2, 0.25) is 5.91 Å². The molecular formula is C19H19N3O2. The van der Waals surface area contributed by atoms with Gasteiger partial charge in [-0.15, -0.1) is 0 Å². The molecule has 1 saturated heterocycles. The second-order valence-electron chi connectivity index (χ2n) is 5.87. The number of ether oxygens (including phenoxy) is 1. The van der Waals surface area contributed by atoms with Crippen LogP contribution in [-0.2, 0) is 16.1 Å². The molecule has 3 aromatic rings. The Balaban J connectivity index is 1.74. The third-order valence-corrected chi connectivity index (χ3v) is 4.34. The van der Waals surface area contributed by atoms with Crippen molar-refractivity contribution in [2.24, 2.45) is 0 Å². The van der Waals surface area contributed by atoms with E-state index in [9.17, 15) is 4.79 Å². The van der Waals surface area contributed by atoms with Gasteiger partial charge in [-0.1, -0.05) is 42.5 Å². The summed E-state index contributed by atoms with van der Waals surface area (Å²) in [6.07, 6.45) is 0. The summed E-state index contributed by atoms with van der Waals surface area (Å²) in [5.74, 6) is 0.942. The van der Waals surface area contributed by atoms with E-state index in [4.69, 9.17) is 9.72 Å². The second-order valence-corrected chi connectivity index (χ2v) is 5.87. The number of imidazole rings is 1. The molecule has 2 heterocycles. The third-order valence-electron chi connectivity index (χ3n) is 4.34. The number of nitrogens with zero attached hydrogens (tertiary/aromatic N) is 3. The smallest absolute Gasteiger partial charge is 0.242 e. The van der Waals surface area contributed by atoms with Gasteiger partial charge >= 0.3 is 0 Å². The van der Waals surface area contributed by atoms with Crippen molar-refractivity contribution in [2.75, 3.05) is 26.3 Å². The van der Waals surface area contributed by atoms with Gasteiger partial charge in [0.05, 0.1) is 24.2 Å². The van der Waals surface area contributed by atoms with Gasteiger partial charge in [0, 0.05) is 18.7 Å². The Bertz CT molecular complexity index is 851. The van der Waals surface area contributed by atoms with Gasteiger partial charge in [-0.2, -0.15) is 0 Å². The van der Waals surface area contributed by atoms with E-state index in [2.05, 4.69) is 0 Å². The standard InChI is InChI=1S/C19H19N3O2/c23-18(21-10-12-24-13-11-21)14-22-17-9-5-4-8-16(17)20-19(22)15-6-2-1-3-7-15/h1-9H,10-14H2. The molecule has 1 aliphatic heterocycles. The minimum absolute atomic E-state index is 0.110. The second kappa shape index (κ2) is 6.45. The molecule has 0 bridgehead atoms. The van der Waals surface area contributed by atoms with Gasteiger partial charge in [0.25, 0.3) is 0 Å². The molecule has 24 heavy (non-hydrogen) atoms. The van der Waals surface area contributed by atoms with Gasteiger partial charge < -0.3 is 14.2 Å². The number of hydrogen-bond acceptors (Lipinski definition) is 3. The van der Waals surface area contributed by atoms with Crippen LogP contribution in [0.25, 0.3) is 22.4 Å². The zero-order chi connectivity index (χ0) is 16.4. The predicted molar refractivity (Wildman–Crippen MR) is 92.6 cm³/mol. The average Bonchev–Trinajstić information content (AvgIpc) is 3.02. The Hall–Kier alpha value is -2.66. The van der Waals surface area contributed by atoms with Crippen molar-refractivity contribution in [1.82, 2.24) is 14.5 Å². The van der Waals surface area contributed by atoms with Crippen LogP contribution in [0.2, 0.25) is 0 Å². The molecule has 1 amide bonds. The van der Waals surface area contributed by atoms with E-state index in [-0.39, 0.29) is 5.91 Å². The number of rotatable bonds is 3. The summed E-state index contributed by atoms with van der Waals surface area (Å²) in [6, 6.07) is 18.0. The summed E-state index contributed by atoms with van der Waals surface area (Å²) in [7, 11) is 0. The normalized spacial score (nSPS) is 14.9. The topological polar surface area (TPSA) is 47.4 Å². The summed E-state index contributed by atoms with van der Waals surface area (Å²) < 4.78 is 7.35. The molecule has 1 aliphatic rings. The Morgan fingerprint density at radius 1 is 1.00 bits per heavy atom. The Morgan fingerprint density at radius 2 is 1.71 bits per heavy atom. The van der Waals surface area contributed by atoms with Gasteiger partial charge in [-0.3, -0.25) is 4.79 Å². The largest absolute Gasteiger partial charge is 0.378 e. The highest BCUT2D eigenvalue weighted by Crippen LogP contribution is 2.24. The maximum Gasteiger partial charge on any atom is 0.242 e. The fourth-order valence-electron chi connectivity index (χ4n) is 3.09. The van der Waals surface area contributed by atoms with E-state index >= 15 is 0 Å². The maximum atomic E-state index is 12.7. The van der Waals surface area contributed by atoms with Crippen molar-refractivity contribution in [1.29, 1.82) is 0 Å². The van der Waals surface area contributed by atoms with Crippen molar-refractivity contribution < 1.29 is 9.53 Å². The number of amides is 1. The molecule has 0 N–H and O–H groups in total. The number of fused-ring (bicyclic) bond motifs is 1. The molecule has 0 atom stereocenters. The molecule has 0 unspecified atom stereocenters. The number of aromatic nitrogens is 2. The van der Waals surface area contributed by atoms with Crippen molar-refractivity contribution in [3.05, 3.63) is 54.6 Å². The molecule has 1 aromatic heterocycles. The molecule has 5 nitrogen and oxygen atoms in total. The van der Waals surface area contributed by atoms with Crippen LogP contribution < -0.4 is 0 Å². The summed E-state index contributed by atoms with van der Waals surface area (Å²) in [5.41, 5.74) is 2.91. The van der Waals surface area contributed by atoms with E-state index in [1.807, 2.05) is 64.1 Å². The fourth-order valence-corrected chi connectivity index (χ4v) is 3.09. The number of para-hydroxylation sites is 2. The fraction of sp³-hybridized carbons (Fsp3) is 0.263. The molecule has 1 fully saturated rings. The molecule has 0 spiro atoms. The number of benzene rings is 2. The van der Waals surface area contributed by atoms with E-state index in [1.54, 1.807) is 0 Å². The number of morpholine rings is 1. The van der Waals surface area contributed by atoms with Crippen LogP contribution in [0, 0.1) is 0 Å². The summed E-state index contributed by atoms with van der Waals surface area (Å²) in [5, 5.41) is 0. The van der Waals surface area contributed by atoms with Crippen molar-refractivity contribution in [2.45, 2.75) is 6.54 Å². The summed E-state index contributed by atoms with van der Waals surface area (Å²) in [6.45, 7) is 2.84. The molecule has 0 radical (unpaired) electrons. The minimum Gasteiger partial charge on any atom is -0.378 e. The first-order valence-corrected chi connectivity index (χ1v) is 8.19. The Kier molecular flexibility index (Phi) is 4.01. The van der Waals surface area contributed by atoms with E-state index in [0.717, 1.165) is 22.4 Å². The molecule has 0 aliphatic carbocycles. The van der Waals surface area contributed by atoms with Crippen LogP contribution in [0.5, 0.6) is 0 Å². The average molecular weight is 321 g/mol. The van der Waals surface area contributed by atoms with Crippen LogP contribution in [0.1, 0.15) is 0 Å². The molecule has 0 saturated carbocycles. The predicted octanol–water partition coefficient (Wildman–Crippen LogP) is 2.56. The first-order chi connectivity index (χ1) is 11.8. The lowest BCUT2D eigenvalue weighted by molar-refractivity contribution is -0.135. The van der Waals surface area contributed by atoms with Crippen molar-refractivity contribution >= 4 is 16.9 Å². The van der Waals surface area contributed by atoms with Gasteiger partial charge in [0.1, 0.15) is 12.4 Å². The summed E-state index contributed by atoms with van der Waals surface area (Å²) >= 11 is 0. The molecular weight excluding hydrogens is 302 g/mol. The third kappa shape index (κ3) is 2.78. The number of carbonyl (C=O) groups is 1. The highest BCUT2D eigenvalue weighted by atomic mass is 16.5. The molecule has 5 heteroatoms. The maximum absolute atomic E-state index is 12.7. The lowest BCUT2D eigenvalue weighted by atomic mass is 10.2. The Labute approximate surface area is 140 Å². The Morgan fingerprint density at radius 3 is 2.50 bits per heavy atom. The van der Waals surface area contributed by atoms with Gasteiger partial charge in [0.15, 0.2) is 0 Å². The highest BCUT2D eigenvalue weighted by Gasteiger charge is 2.20.